The summed E-state index contributed by atoms with van der Waals surface area (Å²) in [6.07, 6.45) is 0. The normalized spacial score (nSPS) is 11.3. The van der Waals surface area contributed by atoms with Crippen LogP contribution in [-0.2, 0) is 4.79 Å². The number of carbonyl (C=O) groups is 1. The van der Waals surface area contributed by atoms with Gasteiger partial charge >= 0.3 is 5.97 Å². The maximum absolute atomic E-state index is 13.0. The summed E-state index contributed by atoms with van der Waals surface area (Å²) < 4.78 is 13.0. The van der Waals surface area contributed by atoms with E-state index in [2.05, 4.69) is 10.3 Å². The van der Waals surface area contributed by atoms with E-state index in [0.29, 0.717) is 11.7 Å². The van der Waals surface area contributed by atoms with Crippen LogP contribution in [0.5, 0.6) is 0 Å². The lowest BCUT2D eigenvalue weighted by molar-refractivity contribution is -0.146. The van der Waals surface area contributed by atoms with Crippen LogP contribution in [0.3, 0.4) is 0 Å². The molecule has 0 radical (unpaired) electrons. The summed E-state index contributed by atoms with van der Waals surface area (Å²) in [6, 6.07) is 14.3. The van der Waals surface area contributed by atoms with Crippen molar-refractivity contribution in [2.75, 3.05) is 11.9 Å². The highest BCUT2D eigenvalue weighted by Crippen LogP contribution is 2.28. The number of nitrogens with zero attached hydrogens (tertiary/aromatic N) is 1. The van der Waals surface area contributed by atoms with Crippen molar-refractivity contribution in [2.24, 2.45) is 5.41 Å². The molecule has 3 rings (SSSR count). The van der Waals surface area contributed by atoms with Gasteiger partial charge in [0.05, 0.1) is 11.1 Å². The zero-order valence-corrected chi connectivity index (χ0v) is 15.3. The van der Waals surface area contributed by atoms with E-state index in [4.69, 9.17) is 5.11 Å². The Kier molecular flexibility index (Phi) is 5.04. The van der Waals surface area contributed by atoms with Crippen LogP contribution in [0.25, 0.3) is 22.4 Å². The van der Waals surface area contributed by atoms with Gasteiger partial charge in [0, 0.05) is 17.5 Å². The zero-order valence-electron chi connectivity index (χ0n) is 14.5. The molecule has 1 heterocycles. The smallest absolute Gasteiger partial charge is 0.310 e. The molecule has 0 saturated heterocycles. The molecule has 0 aliphatic rings. The van der Waals surface area contributed by atoms with Crippen molar-refractivity contribution in [3.8, 4) is 22.4 Å². The first-order valence-corrected chi connectivity index (χ1v) is 9.02. The molecule has 2 N–H and O–H groups in total. The highest BCUT2D eigenvalue weighted by molar-refractivity contribution is 7.14. The number of carboxylic acids is 1. The maximum Gasteiger partial charge on any atom is 0.310 e. The molecule has 1 aromatic heterocycles. The molecule has 0 atom stereocenters. The number of anilines is 1. The molecule has 0 amide bonds. The van der Waals surface area contributed by atoms with Gasteiger partial charge < -0.3 is 10.4 Å². The summed E-state index contributed by atoms with van der Waals surface area (Å²) in [5.41, 5.74) is 2.90. The van der Waals surface area contributed by atoms with Crippen LogP contribution in [0.15, 0.2) is 53.9 Å². The molecular formula is C20H19FN2O2S. The Labute approximate surface area is 155 Å². The third-order valence-electron chi connectivity index (χ3n) is 4.12. The first-order chi connectivity index (χ1) is 12.3. The van der Waals surface area contributed by atoms with E-state index < -0.39 is 11.4 Å². The van der Waals surface area contributed by atoms with Gasteiger partial charge in [-0.2, -0.15) is 0 Å². The van der Waals surface area contributed by atoms with Crippen molar-refractivity contribution >= 4 is 22.4 Å². The quantitative estimate of drug-likeness (QED) is 0.631. The molecule has 2 aromatic carbocycles. The van der Waals surface area contributed by atoms with Gasteiger partial charge in [-0.05, 0) is 37.1 Å². The lowest BCUT2D eigenvalue weighted by Crippen LogP contribution is -2.31. The minimum absolute atomic E-state index is 0.251. The second-order valence-electron chi connectivity index (χ2n) is 6.66. The van der Waals surface area contributed by atoms with Crippen LogP contribution >= 0.6 is 11.3 Å². The van der Waals surface area contributed by atoms with Gasteiger partial charge in [0.15, 0.2) is 5.13 Å². The van der Waals surface area contributed by atoms with E-state index in [0.717, 1.165) is 22.4 Å². The van der Waals surface area contributed by atoms with Gasteiger partial charge in [-0.15, -0.1) is 11.3 Å². The monoisotopic (exact) mass is 370 g/mol. The number of halogens is 1. The van der Waals surface area contributed by atoms with Crippen molar-refractivity contribution < 1.29 is 14.3 Å². The second kappa shape index (κ2) is 7.25. The Hall–Kier alpha value is -2.73. The Bertz CT molecular complexity index is 902. The summed E-state index contributed by atoms with van der Waals surface area (Å²) in [5.74, 6) is -1.10. The van der Waals surface area contributed by atoms with E-state index in [1.54, 1.807) is 26.0 Å². The van der Waals surface area contributed by atoms with Crippen LogP contribution in [0.2, 0.25) is 0 Å². The fourth-order valence-corrected chi connectivity index (χ4v) is 3.05. The number of benzene rings is 2. The number of aliphatic carboxylic acids is 1. The third-order valence-corrected chi connectivity index (χ3v) is 4.92. The number of nitrogens with one attached hydrogen (secondary N) is 1. The van der Waals surface area contributed by atoms with Gasteiger partial charge in [-0.25, -0.2) is 9.37 Å². The first-order valence-electron chi connectivity index (χ1n) is 8.14. The summed E-state index contributed by atoms with van der Waals surface area (Å²) in [5, 5.41) is 14.9. The molecule has 0 spiro atoms. The van der Waals surface area contributed by atoms with E-state index in [9.17, 15) is 9.18 Å². The SMILES string of the molecule is CC(C)(CNc1nc(-c2ccc(-c3ccc(F)cc3)cc2)cs1)C(=O)O. The average Bonchev–Trinajstić information content (AvgIpc) is 3.10. The van der Waals surface area contributed by atoms with Crippen molar-refractivity contribution in [3.63, 3.8) is 0 Å². The Morgan fingerprint density at radius 2 is 1.62 bits per heavy atom. The van der Waals surface area contributed by atoms with E-state index >= 15 is 0 Å². The highest BCUT2D eigenvalue weighted by Gasteiger charge is 2.27. The van der Waals surface area contributed by atoms with Gasteiger partial charge in [0.1, 0.15) is 5.82 Å². The Morgan fingerprint density at radius 1 is 1.08 bits per heavy atom. The van der Waals surface area contributed by atoms with Crippen molar-refractivity contribution in [1.82, 2.24) is 4.98 Å². The number of hydrogen-bond donors (Lipinski definition) is 2. The predicted octanol–water partition coefficient (Wildman–Crippen LogP) is 5.14. The average molecular weight is 370 g/mol. The van der Waals surface area contributed by atoms with Crippen LogP contribution in [0.1, 0.15) is 13.8 Å². The number of aromatic nitrogens is 1. The van der Waals surface area contributed by atoms with E-state index in [-0.39, 0.29) is 5.82 Å². The maximum atomic E-state index is 13.0. The number of carboxylic acid groups (broad SMARTS) is 1. The molecule has 134 valence electrons. The molecule has 0 unspecified atom stereocenters. The highest BCUT2D eigenvalue weighted by atomic mass is 32.1. The molecule has 0 fully saturated rings. The third kappa shape index (κ3) is 4.08. The lowest BCUT2D eigenvalue weighted by Gasteiger charge is -2.18. The van der Waals surface area contributed by atoms with Gasteiger partial charge in [-0.3, -0.25) is 4.79 Å². The zero-order chi connectivity index (χ0) is 18.7. The molecule has 0 aliphatic heterocycles. The van der Waals surface area contributed by atoms with Crippen LogP contribution in [0, 0.1) is 11.2 Å². The molecule has 4 nitrogen and oxygen atoms in total. The molecule has 0 aliphatic carbocycles. The first kappa shape index (κ1) is 18.1. The molecule has 0 bridgehead atoms. The van der Waals surface area contributed by atoms with Crippen molar-refractivity contribution in [2.45, 2.75) is 13.8 Å². The standard InChI is InChI=1S/C20H19FN2O2S/c1-20(2,18(24)25)12-22-19-23-17(11-26-19)15-5-3-13(4-6-15)14-7-9-16(21)10-8-14/h3-11H,12H2,1-2H3,(H,22,23)(H,24,25). The van der Waals surface area contributed by atoms with E-state index in [1.807, 2.05) is 29.6 Å². The summed E-state index contributed by atoms with van der Waals surface area (Å²) in [7, 11) is 0. The minimum Gasteiger partial charge on any atom is -0.481 e. The van der Waals surface area contributed by atoms with Crippen molar-refractivity contribution in [3.05, 3.63) is 59.7 Å². The Balaban J connectivity index is 1.71. The van der Waals surface area contributed by atoms with Gasteiger partial charge in [-0.1, -0.05) is 36.4 Å². The largest absolute Gasteiger partial charge is 0.481 e. The second-order valence-corrected chi connectivity index (χ2v) is 7.52. The number of thiazole rings is 1. The van der Waals surface area contributed by atoms with Crippen LogP contribution < -0.4 is 5.32 Å². The lowest BCUT2D eigenvalue weighted by atomic mass is 9.94. The summed E-state index contributed by atoms with van der Waals surface area (Å²) in [4.78, 5) is 15.7. The predicted molar refractivity (Wildman–Crippen MR) is 103 cm³/mol. The van der Waals surface area contributed by atoms with Gasteiger partial charge in [0.2, 0.25) is 0 Å². The minimum atomic E-state index is -0.858. The Morgan fingerprint density at radius 3 is 2.19 bits per heavy atom. The molecule has 6 heteroatoms. The number of hydrogen-bond acceptors (Lipinski definition) is 4. The van der Waals surface area contributed by atoms with E-state index in [1.165, 1.54) is 23.5 Å². The topological polar surface area (TPSA) is 62.2 Å². The summed E-state index contributed by atoms with van der Waals surface area (Å²) in [6.45, 7) is 3.65. The van der Waals surface area contributed by atoms with Crippen LogP contribution in [0.4, 0.5) is 9.52 Å². The fourth-order valence-electron chi connectivity index (χ4n) is 2.34. The van der Waals surface area contributed by atoms with Crippen molar-refractivity contribution in [1.29, 1.82) is 0 Å². The molecule has 0 saturated carbocycles. The molecule has 3 aromatic rings. The van der Waals surface area contributed by atoms with Gasteiger partial charge in [0.25, 0.3) is 0 Å². The molecular weight excluding hydrogens is 351 g/mol. The number of rotatable bonds is 6. The van der Waals surface area contributed by atoms with Crippen LogP contribution in [-0.4, -0.2) is 22.6 Å². The summed E-state index contributed by atoms with van der Waals surface area (Å²) >= 11 is 1.44. The fraction of sp³-hybridized carbons (Fsp3) is 0.200. The molecule has 26 heavy (non-hydrogen) atoms.